The van der Waals surface area contributed by atoms with Crippen LogP contribution in [0, 0.1) is 6.92 Å². The topological polar surface area (TPSA) is 34.9 Å². The Labute approximate surface area is 111 Å². The van der Waals surface area contributed by atoms with E-state index in [2.05, 4.69) is 24.2 Å². The molecule has 3 nitrogen and oxygen atoms in total. The first-order chi connectivity index (χ1) is 8.69. The van der Waals surface area contributed by atoms with Gasteiger partial charge in [0.1, 0.15) is 0 Å². The number of aryl methyl sites for hydroxylation is 2. The lowest BCUT2D eigenvalue weighted by Crippen LogP contribution is -2.01. The van der Waals surface area contributed by atoms with Crippen molar-refractivity contribution in [2.24, 2.45) is 0 Å². The fourth-order valence-electron chi connectivity index (χ4n) is 1.62. The van der Waals surface area contributed by atoms with Gasteiger partial charge in [-0.2, -0.15) is 5.10 Å². The minimum absolute atomic E-state index is 0.126. The highest BCUT2D eigenvalue weighted by atomic mass is 32.2. The predicted octanol–water partition coefficient (Wildman–Crippen LogP) is 3.19. The minimum Gasteiger partial charge on any atom is -0.293 e. The van der Waals surface area contributed by atoms with Gasteiger partial charge in [-0.25, -0.2) is 0 Å². The summed E-state index contributed by atoms with van der Waals surface area (Å²) < 4.78 is 1.77. The molecule has 1 aromatic carbocycles. The molecule has 0 radical (unpaired) electrons. The van der Waals surface area contributed by atoms with Gasteiger partial charge in [0, 0.05) is 17.6 Å². The number of thioether (sulfide) groups is 1. The molecule has 0 aliphatic rings. The van der Waals surface area contributed by atoms with E-state index in [9.17, 15) is 4.79 Å². The van der Waals surface area contributed by atoms with Crippen LogP contribution < -0.4 is 0 Å². The van der Waals surface area contributed by atoms with Crippen molar-refractivity contribution in [3.05, 3.63) is 47.8 Å². The molecule has 0 fully saturated rings. The number of hydrogen-bond donors (Lipinski definition) is 0. The van der Waals surface area contributed by atoms with Crippen LogP contribution >= 0.6 is 11.8 Å². The van der Waals surface area contributed by atoms with Crippen LogP contribution in [0.3, 0.4) is 0 Å². The maximum atomic E-state index is 12.0. The summed E-state index contributed by atoms with van der Waals surface area (Å²) in [6.45, 7) is 4.85. The third-order valence-corrected chi connectivity index (χ3v) is 3.63. The second kappa shape index (κ2) is 5.87. The Morgan fingerprint density at radius 1 is 1.44 bits per heavy atom. The smallest absolute Gasteiger partial charge is 0.176 e. The first-order valence-corrected chi connectivity index (χ1v) is 6.92. The molecule has 1 heterocycles. The van der Waals surface area contributed by atoms with Gasteiger partial charge in [0.25, 0.3) is 0 Å². The molecule has 2 rings (SSSR count). The summed E-state index contributed by atoms with van der Waals surface area (Å²) in [5, 5.41) is 4.11. The number of Topliss-reactive ketones (excluding diaryl/α,β-unsaturated/α-hetero) is 1. The quantitative estimate of drug-likeness (QED) is 0.611. The first kappa shape index (κ1) is 12.9. The Hall–Kier alpha value is -1.55. The molecule has 0 aliphatic carbocycles. The summed E-state index contributed by atoms with van der Waals surface area (Å²) in [7, 11) is 0. The SMILES string of the molecule is CCn1cc(C(=O)CSc2cccc(C)c2)cn1. The van der Waals surface area contributed by atoms with Gasteiger partial charge in [0.05, 0.1) is 17.5 Å². The van der Waals surface area contributed by atoms with Crippen LogP contribution in [0.5, 0.6) is 0 Å². The number of rotatable bonds is 5. The van der Waals surface area contributed by atoms with Crippen molar-refractivity contribution in [3.8, 4) is 0 Å². The largest absolute Gasteiger partial charge is 0.293 e. The summed E-state index contributed by atoms with van der Waals surface area (Å²) in [6.07, 6.45) is 3.45. The van der Waals surface area contributed by atoms with Gasteiger partial charge in [-0.15, -0.1) is 11.8 Å². The molecule has 0 N–H and O–H groups in total. The number of benzene rings is 1. The van der Waals surface area contributed by atoms with Crippen LogP contribution in [0.1, 0.15) is 22.8 Å². The van der Waals surface area contributed by atoms with E-state index < -0.39 is 0 Å². The molecule has 2 aromatic rings. The van der Waals surface area contributed by atoms with Crippen LogP contribution in [-0.2, 0) is 6.54 Å². The molecule has 4 heteroatoms. The number of nitrogens with zero attached hydrogens (tertiary/aromatic N) is 2. The van der Waals surface area contributed by atoms with Gasteiger partial charge < -0.3 is 0 Å². The monoisotopic (exact) mass is 260 g/mol. The lowest BCUT2D eigenvalue weighted by molar-refractivity contribution is 0.102. The third kappa shape index (κ3) is 3.23. The van der Waals surface area contributed by atoms with E-state index >= 15 is 0 Å². The number of carbonyl (C=O) groups is 1. The molecule has 0 atom stereocenters. The van der Waals surface area contributed by atoms with E-state index in [0.717, 1.165) is 11.4 Å². The van der Waals surface area contributed by atoms with Gasteiger partial charge in [0.2, 0.25) is 0 Å². The highest BCUT2D eigenvalue weighted by Crippen LogP contribution is 2.20. The maximum absolute atomic E-state index is 12.0. The predicted molar refractivity (Wildman–Crippen MR) is 74.1 cm³/mol. The van der Waals surface area contributed by atoms with Gasteiger partial charge in [-0.1, -0.05) is 17.7 Å². The Kier molecular flexibility index (Phi) is 4.20. The van der Waals surface area contributed by atoms with Crippen LogP contribution in [0.25, 0.3) is 0 Å². The molecule has 18 heavy (non-hydrogen) atoms. The zero-order chi connectivity index (χ0) is 13.0. The Balaban J connectivity index is 1.96. The highest BCUT2D eigenvalue weighted by molar-refractivity contribution is 8.00. The molecule has 0 aliphatic heterocycles. The molecule has 0 bridgehead atoms. The molecule has 1 aromatic heterocycles. The number of hydrogen-bond acceptors (Lipinski definition) is 3. The van der Waals surface area contributed by atoms with Crippen LogP contribution in [-0.4, -0.2) is 21.3 Å². The third-order valence-electron chi connectivity index (χ3n) is 2.64. The van der Waals surface area contributed by atoms with Crippen LogP contribution in [0.2, 0.25) is 0 Å². The Morgan fingerprint density at radius 2 is 2.28 bits per heavy atom. The normalized spacial score (nSPS) is 10.6. The molecule has 0 unspecified atom stereocenters. The zero-order valence-electron chi connectivity index (χ0n) is 10.6. The summed E-state index contributed by atoms with van der Waals surface area (Å²) >= 11 is 1.57. The van der Waals surface area contributed by atoms with Crippen molar-refractivity contribution >= 4 is 17.5 Å². The lowest BCUT2D eigenvalue weighted by Gasteiger charge is -2.01. The second-order valence-corrected chi connectivity index (χ2v) is 5.16. The summed E-state index contributed by atoms with van der Waals surface area (Å²) in [4.78, 5) is 13.1. The number of aromatic nitrogens is 2. The van der Waals surface area contributed by atoms with Gasteiger partial charge in [-0.05, 0) is 26.0 Å². The van der Waals surface area contributed by atoms with E-state index in [1.54, 1.807) is 28.8 Å². The molecular weight excluding hydrogens is 244 g/mol. The van der Waals surface area contributed by atoms with Gasteiger partial charge >= 0.3 is 0 Å². The number of ketones is 1. The summed E-state index contributed by atoms with van der Waals surface area (Å²) in [5.74, 6) is 0.583. The highest BCUT2D eigenvalue weighted by Gasteiger charge is 2.09. The summed E-state index contributed by atoms with van der Waals surface area (Å²) in [5.41, 5.74) is 1.91. The van der Waals surface area contributed by atoms with E-state index in [1.807, 2.05) is 19.1 Å². The Bertz CT molecular complexity index is 548. The molecular formula is C14H16N2OS. The lowest BCUT2D eigenvalue weighted by atomic mass is 10.2. The van der Waals surface area contributed by atoms with Crippen LogP contribution in [0.15, 0.2) is 41.6 Å². The van der Waals surface area contributed by atoms with Gasteiger partial charge in [0.15, 0.2) is 5.78 Å². The Morgan fingerprint density at radius 3 is 2.94 bits per heavy atom. The van der Waals surface area contributed by atoms with Crippen molar-refractivity contribution in [1.29, 1.82) is 0 Å². The van der Waals surface area contributed by atoms with Crippen molar-refractivity contribution in [2.45, 2.75) is 25.3 Å². The van der Waals surface area contributed by atoms with Crippen molar-refractivity contribution in [1.82, 2.24) is 9.78 Å². The van der Waals surface area contributed by atoms with Crippen molar-refractivity contribution < 1.29 is 4.79 Å². The average molecular weight is 260 g/mol. The fourth-order valence-corrected chi connectivity index (χ4v) is 2.53. The van der Waals surface area contributed by atoms with E-state index in [0.29, 0.717) is 11.3 Å². The average Bonchev–Trinajstić information content (AvgIpc) is 2.85. The number of carbonyl (C=O) groups excluding carboxylic acids is 1. The molecule has 0 amide bonds. The van der Waals surface area contributed by atoms with Crippen molar-refractivity contribution in [2.75, 3.05) is 5.75 Å². The summed E-state index contributed by atoms with van der Waals surface area (Å²) in [6, 6.07) is 8.18. The van der Waals surface area contributed by atoms with E-state index in [-0.39, 0.29) is 5.78 Å². The molecule has 0 spiro atoms. The van der Waals surface area contributed by atoms with Crippen molar-refractivity contribution in [3.63, 3.8) is 0 Å². The zero-order valence-corrected chi connectivity index (χ0v) is 11.4. The first-order valence-electron chi connectivity index (χ1n) is 5.94. The standard InChI is InChI=1S/C14H16N2OS/c1-3-16-9-12(8-15-16)14(17)10-18-13-6-4-5-11(2)7-13/h4-9H,3,10H2,1-2H3. The minimum atomic E-state index is 0.126. The van der Waals surface area contributed by atoms with Gasteiger partial charge in [-0.3, -0.25) is 9.48 Å². The molecule has 94 valence electrons. The second-order valence-electron chi connectivity index (χ2n) is 4.11. The van der Waals surface area contributed by atoms with E-state index in [4.69, 9.17) is 0 Å². The maximum Gasteiger partial charge on any atom is 0.176 e. The molecule has 0 saturated carbocycles. The van der Waals surface area contributed by atoms with E-state index in [1.165, 1.54) is 5.56 Å². The van der Waals surface area contributed by atoms with Crippen LogP contribution in [0.4, 0.5) is 0 Å². The fraction of sp³-hybridized carbons (Fsp3) is 0.286. The molecule has 0 saturated heterocycles.